The van der Waals surface area contributed by atoms with Crippen LogP contribution in [0.5, 0.6) is 0 Å². The number of fused-ring (bicyclic) bond motifs is 1. The third-order valence-corrected chi connectivity index (χ3v) is 6.70. The zero-order chi connectivity index (χ0) is 23.4. The van der Waals surface area contributed by atoms with E-state index in [2.05, 4.69) is 5.32 Å². The Bertz CT molecular complexity index is 889. The number of allylic oxidation sites excluding steroid dienone is 1. The second-order valence-corrected chi connectivity index (χ2v) is 8.82. The number of esters is 1. The number of aliphatic hydroxyl groups is 1. The molecule has 2 aliphatic rings. The van der Waals surface area contributed by atoms with Crippen LogP contribution in [0, 0.1) is 23.7 Å². The highest BCUT2D eigenvalue weighted by molar-refractivity contribution is 6.33. The Morgan fingerprint density at radius 1 is 1.25 bits per heavy atom. The summed E-state index contributed by atoms with van der Waals surface area (Å²) in [5, 5.41) is 13.0. The van der Waals surface area contributed by atoms with Gasteiger partial charge in [-0.05, 0) is 38.3 Å². The Hall–Kier alpha value is -2.38. The number of hydrogen-bond donors (Lipinski definition) is 2. The number of nitrogens with one attached hydrogen (secondary N) is 1. The maximum absolute atomic E-state index is 13.6. The van der Waals surface area contributed by atoms with Crippen LogP contribution < -0.4 is 5.32 Å². The molecule has 3 rings (SSSR count). The highest BCUT2D eigenvalue weighted by Gasteiger charge is 2.58. The summed E-state index contributed by atoms with van der Waals surface area (Å²) in [4.78, 5) is 41.4. The van der Waals surface area contributed by atoms with E-state index in [9.17, 15) is 19.5 Å². The number of amides is 2. The van der Waals surface area contributed by atoms with Crippen molar-refractivity contribution >= 4 is 35.1 Å². The van der Waals surface area contributed by atoms with Crippen molar-refractivity contribution in [3.05, 3.63) is 41.4 Å². The molecule has 0 aromatic heterocycles. The van der Waals surface area contributed by atoms with Gasteiger partial charge in [-0.1, -0.05) is 49.2 Å². The molecule has 32 heavy (non-hydrogen) atoms. The molecule has 1 saturated heterocycles. The second kappa shape index (κ2) is 10.5. The van der Waals surface area contributed by atoms with Gasteiger partial charge in [-0.3, -0.25) is 14.4 Å². The zero-order valence-electron chi connectivity index (χ0n) is 18.7. The number of ether oxygens (including phenoxy) is 1. The fraction of sp³-hybridized carbons (Fsp3) is 0.542. The second-order valence-electron chi connectivity index (χ2n) is 8.41. The first-order valence-corrected chi connectivity index (χ1v) is 11.6. The molecule has 8 heteroatoms. The number of carbonyl (C=O) groups is 3. The summed E-state index contributed by atoms with van der Waals surface area (Å²) in [6.45, 7) is 5.37. The lowest BCUT2D eigenvalue weighted by atomic mass is 9.69. The molecule has 1 aromatic carbocycles. The number of carbonyl (C=O) groups excluding carboxylic acids is 3. The van der Waals surface area contributed by atoms with Gasteiger partial charge < -0.3 is 20.1 Å². The molecule has 2 amide bonds. The number of anilines is 1. The molecule has 0 radical (unpaired) electrons. The normalized spacial score (nSPS) is 27.7. The molecular weight excluding hydrogens is 432 g/mol. The minimum atomic E-state index is -0.873. The Labute approximate surface area is 193 Å². The number of benzene rings is 1. The van der Waals surface area contributed by atoms with Crippen LogP contribution in [0.3, 0.4) is 0 Å². The fourth-order valence-corrected chi connectivity index (χ4v) is 5.13. The lowest BCUT2D eigenvalue weighted by Crippen LogP contribution is -2.49. The third kappa shape index (κ3) is 4.55. The summed E-state index contributed by atoms with van der Waals surface area (Å²) in [7, 11) is 0. The highest BCUT2D eigenvalue weighted by Crippen LogP contribution is 2.46. The van der Waals surface area contributed by atoms with Gasteiger partial charge in [0, 0.05) is 5.92 Å². The van der Waals surface area contributed by atoms with Gasteiger partial charge in [0.1, 0.15) is 6.04 Å². The minimum Gasteiger partial charge on any atom is -0.466 e. The first-order chi connectivity index (χ1) is 15.3. The van der Waals surface area contributed by atoms with E-state index in [0.29, 0.717) is 10.7 Å². The average molecular weight is 463 g/mol. The van der Waals surface area contributed by atoms with Gasteiger partial charge in [0.2, 0.25) is 11.8 Å². The molecule has 7 nitrogen and oxygen atoms in total. The van der Waals surface area contributed by atoms with E-state index in [4.69, 9.17) is 16.3 Å². The van der Waals surface area contributed by atoms with Crippen molar-refractivity contribution in [2.24, 2.45) is 23.7 Å². The minimum absolute atomic E-state index is 0.138. The molecule has 0 unspecified atom stereocenters. The number of para-hydroxylation sites is 1. The lowest BCUT2D eigenvalue weighted by molar-refractivity contribution is -0.156. The number of hydrogen-bond acceptors (Lipinski definition) is 5. The maximum atomic E-state index is 13.6. The van der Waals surface area contributed by atoms with Crippen LogP contribution in [-0.4, -0.2) is 53.1 Å². The predicted octanol–water partition coefficient (Wildman–Crippen LogP) is 3.27. The van der Waals surface area contributed by atoms with Crippen molar-refractivity contribution < 1.29 is 24.2 Å². The lowest BCUT2D eigenvalue weighted by Gasteiger charge is -2.34. The first-order valence-electron chi connectivity index (χ1n) is 11.2. The molecule has 174 valence electrons. The van der Waals surface area contributed by atoms with E-state index < -0.39 is 41.7 Å². The van der Waals surface area contributed by atoms with Crippen LogP contribution >= 0.6 is 11.6 Å². The third-order valence-electron chi connectivity index (χ3n) is 6.37. The van der Waals surface area contributed by atoms with E-state index in [1.807, 2.05) is 19.1 Å². The molecule has 1 aromatic rings. The van der Waals surface area contributed by atoms with Crippen LogP contribution in [0.4, 0.5) is 5.69 Å². The van der Waals surface area contributed by atoms with Gasteiger partial charge in [0.05, 0.1) is 41.8 Å². The average Bonchev–Trinajstić information content (AvgIpc) is 3.07. The molecule has 1 aliphatic heterocycles. The zero-order valence-corrected chi connectivity index (χ0v) is 19.4. The van der Waals surface area contributed by atoms with E-state index >= 15 is 0 Å². The quantitative estimate of drug-likeness (QED) is 0.456. The van der Waals surface area contributed by atoms with Crippen molar-refractivity contribution in [1.82, 2.24) is 4.90 Å². The molecule has 0 saturated carbocycles. The van der Waals surface area contributed by atoms with Crippen molar-refractivity contribution in [3.8, 4) is 0 Å². The summed E-state index contributed by atoms with van der Waals surface area (Å²) >= 11 is 6.21. The van der Waals surface area contributed by atoms with Gasteiger partial charge in [-0.15, -0.1) is 0 Å². The summed E-state index contributed by atoms with van der Waals surface area (Å²) in [6.07, 6.45) is 5.42. The Morgan fingerprint density at radius 3 is 2.59 bits per heavy atom. The van der Waals surface area contributed by atoms with Gasteiger partial charge in [0.15, 0.2) is 0 Å². The van der Waals surface area contributed by atoms with Crippen LogP contribution in [-0.2, 0) is 19.1 Å². The smallest absolute Gasteiger partial charge is 0.310 e. The topological polar surface area (TPSA) is 95.9 Å². The van der Waals surface area contributed by atoms with Crippen LogP contribution in [0.15, 0.2) is 36.4 Å². The van der Waals surface area contributed by atoms with E-state index in [0.717, 1.165) is 12.8 Å². The predicted molar refractivity (Wildman–Crippen MR) is 122 cm³/mol. The van der Waals surface area contributed by atoms with Crippen LogP contribution in [0.2, 0.25) is 5.02 Å². The molecule has 6 atom stereocenters. The molecule has 1 aliphatic carbocycles. The van der Waals surface area contributed by atoms with E-state index in [-0.39, 0.29) is 25.0 Å². The summed E-state index contributed by atoms with van der Waals surface area (Å²) < 4.78 is 5.33. The van der Waals surface area contributed by atoms with E-state index in [1.165, 1.54) is 4.90 Å². The molecule has 2 N–H and O–H groups in total. The van der Waals surface area contributed by atoms with Gasteiger partial charge in [0.25, 0.3) is 0 Å². The number of halogens is 1. The monoisotopic (exact) mass is 462 g/mol. The van der Waals surface area contributed by atoms with Gasteiger partial charge in [-0.2, -0.15) is 0 Å². The molecular formula is C24H31ClN2O5. The number of aliphatic hydroxyl groups excluding tert-OH is 1. The Balaban J connectivity index is 2.01. The Kier molecular flexibility index (Phi) is 7.96. The van der Waals surface area contributed by atoms with Gasteiger partial charge >= 0.3 is 5.97 Å². The van der Waals surface area contributed by atoms with Crippen molar-refractivity contribution in [1.29, 1.82) is 0 Å². The number of rotatable bonds is 8. The largest absolute Gasteiger partial charge is 0.466 e. The molecule has 0 spiro atoms. The number of nitrogens with zero attached hydrogens (tertiary/aromatic N) is 1. The summed E-state index contributed by atoms with van der Waals surface area (Å²) in [6, 6.07) is 5.40. The Morgan fingerprint density at radius 2 is 1.97 bits per heavy atom. The van der Waals surface area contributed by atoms with Crippen LogP contribution in [0.1, 0.15) is 33.6 Å². The SMILES string of the molecule is CCC[C@@H]1C=C[C@H]2[C@@H](C(=O)N([C@H](C)CO)[C@@H]2C(=O)Nc2ccccc2Cl)[C@@H]1C(=O)OCC. The maximum Gasteiger partial charge on any atom is 0.310 e. The highest BCUT2D eigenvalue weighted by atomic mass is 35.5. The molecule has 0 bridgehead atoms. The molecule has 1 heterocycles. The molecule has 1 fully saturated rings. The van der Waals surface area contributed by atoms with Crippen molar-refractivity contribution in [2.45, 2.75) is 45.7 Å². The summed E-state index contributed by atoms with van der Waals surface area (Å²) in [5.41, 5.74) is 0.442. The van der Waals surface area contributed by atoms with Crippen LogP contribution in [0.25, 0.3) is 0 Å². The fourth-order valence-electron chi connectivity index (χ4n) is 4.95. The van der Waals surface area contributed by atoms with Gasteiger partial charge in [-0.25, -0.2) is 0 Å². The van der Waals surface area contributed by atoms with Crippen molar-refractivity contribution in [3.63, 3.8) is 0 Å². The van der Waals surface area contributed by atoms with Crippen molar-refractivity contribution in [2.75, 3.05) is 18.5 Å². The standard InChI is InChI=1S/C24H31ClN2O5/c1-4-8-15-11-12-16-20(19(15)24(31)32-5-2)23(30)27(14(3)13-28)21(16)22(29)26-18-10-7-6-9-17(18)25/h6-7,9-12,14-16,19-21,28H,4-5,8,13H2,1-3H3,(H,26,29)/t14-,15-,16+,19-,20-,21+/m1/s1. The first kappa shape index (κ1) is 24.3. The summed E-state index contributed by atoms with van der Waals surface area (Å²) in [5.74, 6) is -3.15. The number of likely N-dealkylation sites (tertiary alicyclic amines) is 1. The van der Waals surface area contributed by atoms with E-state index in [1.54, 1.807) is 38.1 Å².